The van der Waals surface area contributed by atoms with Crippen LogP contribution in [0.4, 0.5) is 5.82 Å². The monoisotopic (exact) mass is 279 g/mol. The number of nitrogens with zero attached hydrogens (tertiary/aromatic N) is 2. The van der Waals surface area contributed by atoms with Gasteiger partial charge in [-0.05, 0) is 36.8 Å². The molecule has 7 heteroatoms. The molecule has 0 aliphatic rings. The molecule has 1 aromatic heterocycles. The smallest absolute Gasteiger partial charge is 0.263 e. The van der Waals surface area contributed by atoms with Crippen molar-refractivity contribution < 1.29 is 13.5 Å². The van der Waals surface area contributed by atoms with Crippen molar-refractivity contribution in [3.8, 4) is 0 Å². The third kappa shape index (κ3) is 3.27. The third-order valence-electron chi connectivity index (χ3n) is 2.46. The van der Waals surface area contributed by atoms with Gasteiger partial charge in [-0.25, -0.2) is 8.42 Å². The van der Waals surface area contributed by atoms with Crippen LogP contribution in [0.1, 0.15) is 18.6 Å². The minimum atomic E-state index is -3.73. The topological polar surface area (TPSA) is 92.2 Å². The van der Waals surface area contributed by atoms with Gasteiger partial charge in [-0.2, -0.15) is 5.10 Å². The second kappa shape index (κ2) is 5.33. The van der Waals surface area contributed by atoms with Crippen molar-refractivity contribution in [2.24, 2.45) is 0 Å². The fourth-order valence-corrected chi connectivity index (χ4v) is 2.55. The number of aliphatic hydroxyl groups is 1. The van der Waals surface area contributed by atoms with Gasteiger partial charge < -0.3 is 5.11 Å². The molecule has 0 radical (unpaired) electrons. The molecule has 100 valence electrons. The van der Waals surface area contributed by atoms with E-state index in [-0.39, 0.29) is 10.7 Å². The van der Waals surface area contributed by atoms with Crippen LogP contribution in [-0.2, 0) is 10.0 Å². The van der Waals surface area contributed by atoms with Crippen molar-refractivity contribution in [3.63, 3.8) is 0 Å². The zero-order chi connectivity index (χ0) is 13.9. The van der Waals surface area contributed by atoms with Crippen LogP contribution in [0.2, 0.25) is 0 Å². The van der Waals surface area contributed by atoms with Gasteiger partial charge >= 0.3 is 0 Å². The fourth-order valence-electron chi connectivity index (χ4n) is 1.49. The quantitative estimate of drug-likeness (QED) is 0.880. The lowest BCUT2D eigenvalue weighted by molar-refractivity contribution is 0.199. The number of aromatic nitrogens is 2. The molecule has 0 aliphatic heterocycles. The maximum Gasteiger partial charge on any atom is 0.263 e. The number of anilines is 1. The van der Waals surface area contributed by atoms with Gasteiger partial charge in [0, 0.05) is 6.20 Å². The average Bonchev–Trinajstić information content (AvgIpc) is 2.39. The zero-order valence-electron chi connectivity index (χ0n) is 10.2. The average molecular weight is 279 g/mol. The van der Waals surface area contributed by atoms with Crippen LogP contribution >= 0.6 is 0 Å². The van der Waals surface area contributed by atoms with E-state index in [0.29, 0.717) is 5.56 Å². The summed E-state index contributed by atoms with van der Waals surface area (Å²) in [6, 6.07) is 9.19. The standard InChI is InChI=1S/C12H13N3O3S/c1-9(16)10-4-2-5-11(8-10)19(17,18)15-12-6-3-7-13-14-12/h2-9,16H,1H3,(H,14,15). The maximum absolute atomic E-state index is 12.1. The minimum absolute atomic E-state index is 0.0663. The molecule has 2 aromatic rings. The Morgan fingerprint density at radius 2 is 2.05 bits per heavy atom. The fraction of sp³-hybridized carbons (Fsp3) is 0.167. The Balaban J connectivity index is 2.32. The summed E-state index contributed by atoms with van der Waals surface area (Å²) >= 11 is 0. The Morgan fingerprint density at radius 3 is 2.68 bits per heavy atom. The molecule has 0 amide bonds. The highest BCUT2D eigenvalue weighted by atomic mass is 32.2. The molecule has 0 bridgehead atoms. The van der Waals surface area contributed by atoms with Crippen LogP contribution in [0.3, 0.4) is 0 Å². The number of sulfonamides is 1. The van der Waals surface area contributed by atoms with Gasteiger partial charge in [-0.15, -0.1) is 5.10 Å². The van der Waals surface area contributed by atoms with E-state index in [1.807, 2.05) is 0 Å². The summed E-state index contributed by atoms with van der Waals surface area (Å²) in [7, 11) is -3.73. The van der Waals surface area contributed by atoms with Crippen LogP contribution in [0, 0.1) is 0 Å². The number of rotatable bonds is 4. The Kier molecular flexibility index (Phi) is 3.77. The van der Waals surface area contributed by atoms with Crippen LogP contribution in [0.5, 0.6) is 0 Å². The van der Waals surface area contributed by atoms with Gasteiger partial charge in [0.15, 0.2) is 5.82 Å². The van der Waals surface area contributed by atoms with E-state index in [0.717, 1.165) is 0 Å². The molecule has 2 rings (SSSR count). The number of benzene rings is 1. The third-order valence-corrected chi connectivity index (χ3v) is 3.81. The highest BCUT2D eigenvalue weighted by molar-refractivity contribution is 7.92. The highest BCUT2D eigenvalue weighted by Gasteiger charge is 2.16. The molecule has 19 heavy (non-hydrogen) atoms. The van der Waals surface area contributed by atoms with Crippen molar-refractivity contribution in [1.29, 1.82) is 0 Å². The molecule has 0 spiro atoms. The van der Waals surface area contributed by atoms with Gasteiger partial charge in [0.25, 0.3) is 10.0 Å². The number of hydrogen-bond acceptors (Lipinski definition) is 5. The molecular weight excluding hydrogens is 266 g/mol. The van der Waals surface area contributed by atoms with Crippen molar-refractivity contribution >= 4 is 15.8 Å². The van der Waals surface area contributed by atoms with Gasteiger partial charge in [0.2, 0.25) is 0 Å². The van der Waals surface area contributed by atoms with Gasteiger partial charge in [0.1, 0.15) is 0 Å². The predicted octanol–water partition coefficient (Wildman–Crippen LogP) is 1.33. The predicted molar refractivity (Wildman–Crippen MR) is 69.9 cm³/mol. The maximum atomic E-state index is 12.1. The lowest BCUT2D eigenvalue weighted by Crippen LogP contribution is -2.14. The van der Waals surface area contributed by atoms with E-state index in [9.17, 15) is 13.5 Å². The number of hydrogen-bond donors (Lipinski definition) is 2. The Hall–Kier alpha value is -1.99. The Bertz CT molecular complexity index is 657. The lowest BCUT2D eigenvalue weighted by atomic mass is 10.1. The molecule has 0 saturated carbocycles. The summed E-state index contributed by atoms with van der Waals surface area (Å²) in [4.78, 5) is 0.0663. The second-order valence-corrected chi connectivity index (χ2v) is 5.65. The van der Waals surface area contributed by atoms with Gasteiger partial charge in [-0.3, -0.25) is 4.72 Å². The summed E-state index contributed by atoms with van der Waals surface area (Å²) in [6.45, 7) is 1.57. The van der Waals surface area contributed by atoms with E-state index in [2.05, 4.69) is 14.9 Å². The van der Waals surface area contributed by atoms with E-state index in [1.165, 1.54) is 24.4 Å². The number of aliphatic hydroxyl groups excluding tert-OH is 1. The molecule has 1 heterocycles. The zero-order valence-corrected chi connectivity index (χ0v) is 11.0. The lowest BCUT2D eigenvalue weighted by Gasteiger charge is -2.09. The molecule has 0 saturated heterocycles. The van der Waals surface area contributed by atoms with E-state index >= 15 is 0 Å². The normalized spacial score (nSPS) is 12.9. The van der Waals surface area contributed by atoms with Gasteiger partial charge in [0.05, 0.1) is 11.0 Å². The van der Waals surface area contributed by atoms with Crippen LogP contribution in [0.25, 0.3) is 0 Å². The van der Waals surface area contributed by atoms with Crippen LogP contribution < -0.4 is 4.72 Å². The number of nitrogens with one attached hydrogen (secondary N) is 1. The van der Waals surface area contributed by atoms with Crippen molar-refractivity contribution in [3.05, 3.63) is 48.2 Å². The summed E-state index contributed by atoms with van der Waals surface area (Å²) in [5.41, 5.74) is 0.530. The van der Waals surface area contributed by atoms with Crippen molar-refractivity contribution in [2.75, 3.05) is 4.72 Å². The van der Waals surface area contributed by atoms with Gasteiger partial charge in [-0.1, -0.05) is 12.1 Å². The molecule has 0 fully saturated rings. The van der Waals surface area contributed by atoms with Crippen LogP contribution in [-0.4, -0.2) is 23.7 Å². The van der Waals surface area contributed by atoms with E-state index in [1.54, 1.807) is 25.1 Å². The molecule has 6 nitrogen and oxygen atoms in total. The first kappa shape index (κ1) is 13.4. The van der Waals surface area contributed by atoms with Crippen LogP contribution in [0.15, 0.2) is 47.5 Å². The summed E-state index contributed by atoms with van der Waals surface area (Å²) in [6.07, 6.45) is 0.720. The van der Waals surface area contributed by atoms with E-state index in [4.69, 9.17) is 0 Å². The summed E-state index contributed by atoms with van der Waals surface area (Å²) in [5, 5.41) is 16.7. The SMILES string of the molecule is CC(O)c1cccc(S(=O)(=O)Nc2cccnn2)c1. The first-order valence-corrected chi connectivity index (χ1v) is 7.06. The first-order chi connectivity index (χ1) is 8.99. The molecule has 1 unspecified atom stereocenters. The molecule has 1 atom stereocenters. The largest absolute Gasteiger partial charge is 0.389 e. The van der Waals surface area contributed by atoms with E-state index < -0.39 is 16.1 Å². The highest BCUT2D eigenvalue weighted by Crippen LogP contribution is 2.19. The minimum Gasteiger partial charge on any atom is -0.389 e. The molecular formula is C12H13N3O3S. The Labute approximate surface area is 111 Å². The summed E-state index contributed by atoms with van der Waals surface area (Å²) in [5.74, 6) is 0.143. The summed E-state index contributed by atoms with van der Waals surface area (Å²) < 4.78 is 26.5. The Morgan fingerprint density at radius 1 is 1.26 bits per heavy atom. The van der Waals surface area contributed by atoms with Crippen molar-refractivity contribution in [1.82, 2.24) is 10.2 Å². The molecule has 0 aliphatic carbocycles. The second-order valence-electron chi connectivity index (χ2n) is 3.96. The molecule has 1 aromatic carbocycles. The first-order valence-electron chi connectivity index (χ1n) is 5.57. The molecule has 2 N–H and O–H groups in total. The van der Waals surface area contributed by atoms with Crippen molar-refractivity contribution in [2.45, 2.75) is 17.9 Å².